The number of sulfone groups is 1. The lowest BCUT2D eigenvalue weighted by Gasteiger charge is -2.32. The molecule has 1 aromatic carbocycles. The van der Waals surface area contributed by atoms with E-state index >= 15 is 0 Å². The molecule has 0 bridgehead atoms. The molecule has 8 nitrogen and oxygen atoms in total. The van der Waals surface area contributed by atoms with Crippen molar-refractivity contribution in [3.63, 3.8) is 0 Å². The number of aliphatic hydroxyl groups excluding tert-OH is 1. The number of nitrogens with zero attached hydrogens (tertiary/aromatic N) is 5. The highest BCUT2D eigenvalue weighted by Crippen LogP contribution is 2.37. The van der Waals surface area contributed by atoms with Crippen molar-refractivity contribution in [1.29, 1.82) is 0 Å². The highest BCUT2D eigenvalue weighted by molar-refractivity contribution is 7.90. The maximum atomic E-state index is 12.1. The summed E-state index contributed by atoms with van der Waals surface area (Å²) in [5, 5.41) is 14.2. The maximum absolute atomic E-state index is 12.1. The van der Waals surface area contributed by atoms with Crippen molar-refractivity contribution in [3.05, 3.63) is 47.8 Å². The lowest BCUT2D eigenvalue weighted by Crippen LogP contribution is -2.43. The Labute approximate surface area is 201 Å². The van der Waals surface area contributed by atoms with Gasteiger partial charge >= 0.3 is 0 Å². The van der Waals surface area contributed by atoms with Crippen LogP contribution in [0.25, 0.3) is 16.6 Å². The fourth-order valence-electron chi connectivity index (χ4n) is 5.12. The second-order valence-corrected chi connectivity index (χ2v) is 11.8. The van der Waals surface area contributed by atoms with E-state index in [-0.39, 0.29) is 17.2 Å². The monoisotopic (exact) mass is 483 g/mol. The van der Waals surface area contributed by atoms with Crippen molar-refractivity contribution in [3.8, 4) is 11.1 Å². The predicted octanol–water partition coefficient (Wildman–Crippen LogP) is 2.57. The van der Waals surface area contributed by atoms with Gasteiger partial charge in [-0.15, -0.1) is 5.10 Å². The fraction of sp³-hybridized carbons (Fsp3) is 0.520. The van der Waals surface area contributed by atoms with Gasteiger partial charge in [-0.25, -0.2) is 17.9 Å². The van der Waals surface area contributed by atoms with Crippen molar-refractivity contribution >= 4 is 15.4 Å². The smallest absolute Gasteiger partial charge is 0.265 e. The Kier molecular flexibility index (Phi) is 6.45. The number of likely N-dealkylation sites (N-methyl/N-ethyl adjacent to an activating group) is 1. The summed E-state index contributed by atoms with van der Waals surface area (Å²) in [6.07, 6.45) is 5.71. The molecule has 1 saturated carbocycles. The lowest BCUT2D eigenvalue weighted by molar-refractivity contribution is 0.121. The molecule has 0 amide bonds. The summed E-state index contributed by atoms with van der Waals surface area (Å²) in [5.74, 6) is 0.225. The molecule has 1 aliphatic carbocycles. The first-order valence-corrected chi connectivity index (χ1v) is 13.9. The second kappa shape index (κ2) is 9.37. The molecular weight excluding hydrogens is 450 g/mol. The summed E-state index contributed by atoms with van der Waals surface area (Å²) in [6.45, 7) is 5.32. The van der Waals surface area contributed by atoms with Gasteiger partial charge in [0.05, 0.1) is 17.8 Å². The van der Waals surface area contributed by atoms with E-state index in [1.54, 1.807) is 10.7 Å². The predicted molar refractivity (Wildman–Crippen MR) is 132 cm³/mol. The third kappa shape index (κ3) is 4.88. The van der Waals surface area contributed by atoms with Crippen molar-refractivity contribution in [2.24, 2.45) is 0 Å². The average molecular weight is 484 g/mol. The minimum absolute atomic E-state index is 0.165. The summed E-state index contributed by atoms with van der Waals surface area (Å²) in [6, 6.07) is 10.8. The average Bonchev–Trinajstić information content (AvgIpc) is 3.20. The minimum Gasteiger partial charge on any atom is -0.393 e. The topological polar surface area (TPSA) is 91.0 Å². The van der Waals surface area contributed by atoms with Crippen LogP contribution in [0, 0.1) is 0 Å². The van der Waals surface area contributed by atoms with Crippen LogP contribution in [0.4, 0.5) is 0 Å². The summed E-state index contributed by atoms with van der Waals surface area (Å²) < 4.78 is 26.0. The first kappa shape index (κ1) is 23.4. The van der Waals surface area contributed by atoms with E-state index < -0.39 is 9.84 Å². The highest BCUT2D eigenvalue weighted by Gasteiger charge is 2.26. The van der Waals surface area contributed by atoms with Gasteiger partial charge in [-0.05, 0) is 49.9 Å². The normalized spacial score (nSPS) is 22.9. The minimum atomic E-state index is -3.52. The third-order valence-corrected chi connectivity index (χ3v) is 8.09. The first-order valence-electron chi connectivity index (χ1n) is 12.0. The molecule has 3 aromatic rings. The van der Waals surface area contributed by atoms with Crippen LogP contribution in [0.3, 0.4) is 0 Å². The summed E-state index contributed by atoms with van der Waals surface area (Å²) in [5.41, 5.74) is 5.16. The largest absolute Gasteiger partial charge is 0.393 e. The van der Waals surface area contributed by atoms with Crippen LogP contribution >= 0.6 is 0 Å². The Morgan fingerprint density at radius 3 is 2.35 bits per heavy atom. The number of hydrogen-bond acceptors (Lipinski definition) is 7. The van der Waals surface area contributed by atoms with Gasteiger partial charge in [0.2, 0.25) is 9.84 Å². The van der Waals surface area contributed by atoms with Crippen LogP contribution in [0.15, 0.2) is 41.7 Å². The summed E-state index contributed by atoms with van der Waals surface area (Å²) >= 11 is 0. The van der Waals surface area contributed by atoms with Gasteiger partial charge in [0.25, 0.3) is 5.16 Å². The lowest BCUT2D eigenvalue weighted by atomic mass is 9.85. The van der Waals surface area contributed by atoms with Crippen LogP contribution in [-0.2, 0) is 16.4 Å². The van der Waals surface area contributed by atoms with Gasteiger partial charge in [-0.3, -0.25) is 4.90 Å². The quantitative estimate of drug-likeness (QED) is 0.596. The van der Waals surface area contributed by atoms with E-state index in [2.05, 4.69) is 57.3 Å². The third-order valence-electron chi connectivity index (χ3n) is 7.24. The van der Waals surface area contributed by atoms with Gasteiger partial charge in [-0.2, -0.15) is 0 Å². The van der Waals surface area contributed by atoms with Crippen LogP contribution in [0.1, 0.15) is 42.9 Å². The molecule has 1 aliphatic heterocycles. The van der Waals surface area contributed by atoms with E-state index in [1.165, 1.54) is 5.56 Å². The molecule has 1 N–H and O–H groups in total. The summed E-state index contributed by atoms with van der Waals surface area (Å²) in [7, 11) is -1.35. The van der Waals surface area contributed by atoms with Gasteiger partial charge < -0.3 is 10.0 Å². The van der Waals surface area contributed by atoms with E-state index in [4.69, 9.17) is 0 Å². The molecule has 0 spiro atoms. The van der Waals surface area contributed by atoms with Crippen LogP contribution in [-0.4, -0.2) is 83.5 Å². The number of benzene rings is 1. The Morgan fingerprint density at radius 2 is 1.71 bits per heavy atom. The maximum Gasteiger partial charge on any atom is 0.265 e. The van der Waals surface area contributed by atoms with E-state index in [9.17, 15) is 13.5 Å². The zero-order valence-corrected chi connectivity index (χ0v) is 20.7. The molecule has 2 aromatic heterocycles. The molecule has 34 heavy (non-hydrogen) atoms. The fourth-order valence-corrected chi connectivity index (χ4v) is 5.59. The zero-order chi connectivity index (χ0) is 23.9. The second-order valence-electron chi connectivity index (χ2n) is 9.87. The van der Waals surface area contributed by atoms with Crippen molar-refractivity contribution in [2.45, 2.75) is 49.4 Å². The van der Waals surface area contributed by atoms with E-state index in [0.717, 1.165) is 87.0 Å². The van der Waals surface area contributed by atoms with Gasteiger partial charge in [0.15, 0.2) is 0 Å². The number of aliphatic hydroxyl groups is 1. The number of rotatable bonds is 5. The van der Waals surface area contributed by atoms with Crippen LogP contribution < -0.4 is 0 Å². The number of fused-ring (bicyclic) bond motifs is 1. The Morgan fingerprint density at radius 1 is 1.03 bits per heavy atom. The van der Waals surface area contributed by atoms with Crippen LogP contribution in [0.5, 0.6) is 0 Å². The number of piperazine rings is 1. The van der Waals surface area contributed by atoms with Crippen molar-refractivity contribution < 1.29 is 13.5 Å². The van der Waals surface area contributed by atoms with E-state index in [1.807, 2.05) is 0 Å². The molecule has 0 atom stereocenters. The summed E-state index contributed by atoms with van der Waals surface area (Å²) in [4.78, 5) is 9.01. The molecule has 1 saturated heterocycles. The Balaban J connectivity index is 1.48. The molecule has 182 valence electrons. The van der Waals surface area contributed by atoms with Gasteiger partial charge in [-0.1, -0.05) is 24.3 Å². The van der Waals surface area contributed by atoms with E-state index in [0.29, 0.717) is 0 Å². The molecule has 3 heterocycles. The van der Waals surface area contributed by atoms with Crippen molar-refractivity contribution in [2.75, 3.05) is 39.5 Å². The van der Waals surface area contributed by atoms with Crippen LogP contribution in [0.2, 0.25) is 0 Å². The van der Waals surface area contributed by atoms with Crippen molar-refractivity contribution in [1.82, 2.24) is 24.4 Å². The van der Waals surface area contributed by atoms with Gasteiger partial charge in [0, 0.05) is 56.2 Å². The highest BCUT2D eigenvalue weighted by atomic mass is 32.2. The number of hydrogen-bond donors (Lipinski definition) is 1. The molecule has 2 aliphatic rings. The molecular formula is C25H33N5O3S. The standard InChI is InChI=1S/C25H33N5O3S/c1-28-11-13-29(14-12-28)17-18-3-5-19(6-4-18)22-15-23(20-7-9-21(31)10-8-20)30-24(22)16-26-25(27-30)34(2,32)33/h3-6,15-16,20-21,31H,7-14,17H2,1-2H3/t20-,21-. The molecule has 0 radical (unpaired) electrons. The first-order chi connectivity index (χ1) is 16.3. The van der Waals surface area contributed by atoms with Gasteiger partial charge in [0.1, 0.15) is 0 Å². The number of aromatic nitrogens is 3. The molecule has 2 fully saturated rings. The molecule has 9 heteroatoms. The molecule has 0 unspecified atom stereocenters. The Bertz CT molecular complexity index is 1260. The Hall–Kier alpha value is -2.33. The molecule has 5 rings (SSSR count). The SMILES string of the molecule is CN1CCN(Cc2ccc(-c3cc([C@H]4CC[C@H](O)CC4)n4nc(S(C)(=O)=O)ncc34)cc2)CC1. The zero-order valence-electron chi connectivity index (χ0n) is 19.9.